The molecule has 0 bridgehead atoms. The van der Waals surface area contributed by atoms with E-state index in [1.54, 1.807) is 6.20 Å². The van der Waals surface area contributed by atoms with Gasteiger partial charge in [-0.3, -0.25) is 0 Å². The van der Waals surface area contributed by atoms with E-state index in [0.717, 1.165) is 31.5 Å². The molecule has 1 aromatic carbocycles. The van der Waals surface area contributed by atoms with Crippen LogP contribution in [0.2, 0.25) is 0 Å². The molecule has 0 amide bonds. The maximum Gasteiger partial charge on any atom is 0.178 e. The van der Waals surface area contributed by atoms with Gasteiger partial charge in [-0.15, -0.1) is 0 Å². The molecule has 90 valence electrons. The van der Waals surface area contributed by atoms with Crippen molar-refractivity contribution in [3.63, 3.8) is 0 Å². The summed E-state index contributed by atoms with van der Waals surface area (Å²) in [5.74, 6) is 0.839. The van der Waals surface area contributed by atoms with E-state index in [1.807, 2.05) is 18.2 Å². The Bertz CT molecular complexity index is 734. The van der Waals surface area contributed by atoms with Crippen LogP contribution < -0.4 is 0 Å². The number of rotatable bonds is 1. The number of hydrogen-bond donors (Lipinski definition) is 1. The molecule has 18 heavy (non-hydrogen) atoms. The number of aromatic amines is 1. The van der Waals surface area contributed by atoms with Crippen molar-refractivity contribution in [1.82, 2.24) is 15.0 Å². The first-order chi connectivity index (χ1) is 8.63. The molecule has 3 rings (SSSR count). The molecule has 3 nitrogen and oxygen atoms in total. The summed E-state index contributed by atoms with van der Waals surface area (Å²) >= 11 is 6.90. The largest absolute Gasteiger partial charge is 0.337 e. The van der Waals surface area contributed by atoms with Crippen LogP contribution >= 0.6 is 31.9 Å². The Morgan fingerprint density at radius 1 is 1.17 bits per heavy atom. The number of fused-ring (bicyclic) bond motifs is 1. The van der Waals surface area contributed by atoms with Crippen molar-refractivity contribution in [2.45, 2.75) is 6.92 Å². The SMILES string of the molecule is Cc1cc(-c2nc3ncc(Br)cc3[nH]2)ccc1Br. The molecule has 3 aromatic rings. The summed E-state index contributed by atoms with van der Waals surface area (Å²) in [6.07, 6.45) is 1.75. The fourth-order valence-electron chi connectivity index (χ4n) is 1.80. The molecule has 0 aliphatic heterocycles. The van der Waals surface area contributed by atoms with Crippen molar-refractivity contribution >= 4 is 43.0 Å². The molecule has 5 heteroatoms. The molecular weight excluding hydrogens is 358 g/mol. The molecule has 0 atom stereocenters. The zero-order chi connectivity index (χ0) is 12.7. The zero-order valence-corrected chi connectivity index (χ0v) is 12.7. The van der Waals surface area contributed by atoms with Gasteiger partial charge in [0.05, 0.1) is 5.52 Å². The van der Waals surface area contributed by atoms with Gasteiger partial charge in [0.2, 0.25) is 0 Å². The minimum atomic E-state index is 0.730. The van der Waals surface area contributed by atoms with E-state index >= 15 is 0 Å². The number of pyridine rings is 1. The van der Waals surface area contributed by atoms with Crippen molar-refractivity contribution in [2.24, 2.45) is 0 Å². The second-order valence-electron chi connectivity index (χ2n) is 4.07. The third-order valence-electron chi connectivity index (χ3n) is 2.74. The molecule has 0 fully saturated rings. The Morgan fingerprint density at radius 2 is 2.00 bits per heavy atom. The second-order valence-corrected chi connectivity index (χ2v) is 5.84. The Morgan fingerprint density at radius 3 is 2.78 bits per heavy atom. The van der Waals surface area contributed by atoms with Crippen LogP contribution in [0.3, 0.4) is 0 Å². The minimum absolute atomic E-state index is 0.730. The minimum Gasteiger partial charge on any atom is -0.337 e. The van der Waals surface area contributed by atoms with Gasteiger partial charge in [-0.2, -0.15) is 0 Å². The third kappa shape index (κ3) is 2.08. The van der Waals surface area contributed by atoms with Gasteiger partial charge in [0.15, 0.2) is 5.65 Å². The van der Waals surface area contributed by atoms with Crippen LogP contribution in [0, 0.1) is 6.92 Å². The van der Waals surface area contributed by atoms with E-state index in [0.29, 0.717) is 0 Å². The van der Waals surface area contributed by atoms with Crippen molar-refractivity contribution < 1.29 is 0 Å². The van der Waals surface area contributed by atoms with E-state index in [1.165, 1.54) is 5.56 Å². The maximum atomic E-state index is 4.49. The highest BCUT2D eigenvalue weighted by Crippen LogP contribution is 2.25. The third-order valence-corrected chi connectivity index (χ3v) is 4.06. The van der Waals surface area contributed by atoms with Crippen molar-refractivity contribution in [3.05, 3.63) is 45.0 Å². The molecule has 2 heterocycles. The van der Waals surface area contributed by atoms with Gasteiger partial charge in [0.1, 0.15) is 5.82 Å². The molecular formula is C13H9Br2N3. The lowest BCUT2D eigenvalue weighted by Crippen LogP contribution is -1.83. The lowest BCUT2D eigenvalue weighted by molar-refractivity contribution is 1.29. The molecule has 2 aromatic heterocycles. The second kappa shape index (κ2) is 4.48. The average Bonchev–Trinajstić information content (AvgIpc) is 2.75. The summed E-state index contributed by atoms with van der Waals surface area (Å²) in [4.78, 5) is 12.0. The first kappa shape index (κ1) is 11.9. The Balaban J connectivity index is 2.16. The van der Waals surface area contributed by atoms with Crippen LogP contribution in [0.15, 0.2) is 39.4 Å². The van der Waals surface area contributed by atoms with Gasteiger partial charge >= 0.3 is 0 Å². The normalized spacial score (nSPS) is 11.1. The summed E-state index contributed by atoms with van der Waals surface area (Å²) in [5, 5.41) is 0. The maximum absolute atomic E-state index is 4.49. The van der Waals surface area contributed by atoms with Crippen molar-refractivity contribution in [3.8, 4) is 11.4 Å². The fraction of sp³-hybridized carbons (Fsp3) is 0.0769. The van der Waals surface area contributed by atoms with Gasteiger partial charge in [-0.25, -0.2) is 9.97 Å². The topological polar surface area (TPSA) is 41.6 Å². The van der Waals surface area contributed by atoms with E-state index < -0.39 is 0 Å². The standard InChI is InChI=1S/C13H9Br2N3/c1-7-4-8(2-3-10(7)15)12-17-11-5-9(14)6-16-13(11)18-12/h2-6H,1H3,(H,16,17,18). The quantitative estimate of drug-likeness (QED) is 0.690. The molecule has 0 saturated carbocycles. The number of aryl methyl sites for hydroxylation is 1. The summed E-state index contributed by atoms with van der Waals surface area (Å²) in [6.45, 7) is 2.06. The molecule has 1 N–H and O–H groups in total. The average molecular weight is 367 g/mol. The van der Waals surface area contributed by atoms with E-state index in [-0.39, 0.29) is 0 Å². The van der Waals surface area contributed by atoms with Crippen LogP contribution in [0.4, 0.5) is 0 Å². The zero-order valence-electron chi connectivity index (χ0n) is 9.54. The number of aromatic nitrogens is 3. The highest BCUT2D eigenvalue weighted by molar-refractivity contribution is 9.10. The highest BCUT2D eigenvalue weighted by atomic mass is 79.9. The van der Waals surface area contributed by atoms with Crippen LogP contribution in [0.1, 0.15) is 5.56 Å². The number of halogens is 2. The predicted molar refractivity (Wildman–Crippen MR) is 79.5 cm³/mol. The van der Waals surface area contributed by atoms with E-state index in [2.05, 4.69) is 59.8 Å². The van der Waals surface area contributed by atoms with E-state index in [4.69, 9.17) is 0 Å². The predicted octanol–water partition coefficient (Wildman–Crippen LogP) is 4.46. The Hall–Kier alpha value is -1.20. The first-order valence-electron chi connectivity index (χ1n) is 5.41. The number of H-pyrrole nitrogens is 1. The Labute approximate surface area is 121 Å². The fourth-order valence-corrected chi connectivity index (χ4v) is 2.38. The Kier molecular flexibility index (Phi) is 2.95. The summed E-state index contributed by atoms with van der Waals surface area (Å²) in [7, 11) is 0. The lowest BCUT2D eigenvalue weighted by atomic mass is 10.1. The van der Waals surface area contributed by atoms with Gasteiger partial charge in [0, 0.05) is 20.7 Å². The summed E-state index contributed by atoms with van der Waals surface area (Å²) < 4.78 is 2.04. The molecule has 0 saturated heterocycles. The smallest absolute Gasteiger partial charge is 0.178 e. The number of nitrogens with one attached hydrogen (secondary N) is 1. The van der Waals surface area contributed by atoms with Crippen LogP contribution in [0.5, 0.6) is 0 Å². The molecule has 0 radical (unpaired) electrons. The van der Waals surface area contributed by atoms with Gasteiger partial charge in [-0.1, -0.05) is 22.0 Å². The van der Waals surface area contributed by atoms with Crippen molar-refractivity contribution in [2.75, 3.05) is 0 Å². The molecule has 0 aliphatic carbocycles. The summed E-state index contributed by atoms with van der Waals surface area (Å²) in [6, 6.07) is 8.13. The number of benzene rings is 1. The van der Waals surface area contributed by atoms with E-state index in [9.17, 15) is 0 Å². The molecule has 0 spiro atoms. The molecule has 0 aliphatic rings. The van der Waals surface area contributed by atoms with Crippen LogP contribution in [-0.2, 0) is 0 Å². The van der Waals surface area contributed by atoms with Crippen molar-refractivity contribution in [1.29, 1.82) is 0 Å². The number of hydrogen-bond acceptors (Lipinski definition) is 2. The first-order valence-corrected chi connectivity index (χ1v) is 7.00. The number of nitrogens with zero attached hydrogens (tertiary/aromatic N) is 2. The highest BCUT2D eigenvalue weighted by Gasteiger charge is 2.07. The van der Waals surface area contributed by atoms with Gasteiger partial charge < -0.3 is 4.98 Å². The van der Waals surface area contributed by atoms with Gasteiger partial charge in [0.25, 0.3) is 0 Å². The molecule has 0 unspecified atom stereocenters. The lowest BCUT2D eigenvalue weighted by Gasteiger charge is -2.00. The monoisotopic (exact) mass is 365 g/mol. The van der Waals surface area contributed by atoms with Gasteiger partial charge in [-0.05, 0) is 46.6 Å². The summed E-state index contributed by atoms with van der Waals surface area (Å²) in [5.41, 5.74) is 3.90. The van der Waals surface area contributed by atoms with Crippen LogP contribution in [0.25, 0.3) is 22.6 Å². The van der Waals surface area contributed by atoms with Crippen LogP contribution in [-0.4, -0.2) is 15.0 Å². The number of imidazole rings is 1.